The highest BCUT2D eigenvalue weighted by Gasteiger charge is 2.33. The Labute approximate surface area is 149 Å². The van der Waals surface area contributed by atoms with E-state index in [4.69, 9.17) is 4.52 Å². The van der Waals surface area contributed by atoms with Crippen molar-refractivity contribution in [3.05, 3.63) is 47.7 Å². The van der Waals surface area contributed by atoms with E-state index in [2.05, 4.69) is 20.3 Å². The van der Waals surface area contributed by atoms with E-state index in [1.54, 1.807) is 36.1 Å². The second-order valence-corrected chi connectivity index (χ2v) is 6.37. The van der Waals surface area contributed by atoms with Crippen LogP contribution in [0.1, 0.15) is 47.5 Å². The van der Waals surface area contributed by atoms with Gasteiger partial charge in [-0.15, -0.1) is 0 Å². The average molecular weight is 353 g/mol. The van der Waals surface area contributed by atoms with Crippen molar-refractivity contribution >= 4 is 5.91 Å². The van der Waals surface area contributed by atoms with Gasteiger partial charge in [0.15, 0.2) is 5.82 Å². The Balaban J connectivity index is 1.61. The number of aromatic hydroxyl groups is 1. The van der Waals surface area contributed by atoms with Gasteiger partial charge in [-0.3, -0.25) is 9.89 Å². The normalized spacial score (nSPS) is 17.4. The van der Waals surface area contributed by atoms with Crippen molar-refractivity contribution in [1.82, 2.24) is 25.2 Å². The molecule has 8 nitrogen and oxygen atoms in total. The van der Waals surface area contributed by atoms with Gasteiger partial charge in [-0.25, -0.2) is 0 Å². The summed E-state index contributed by atoms with van der Waals surface area (Å²) in [5.74, 6) is 0.979. The number of aromatic nitrogens is 4. The number of likely N-dealkylation sites (tertiary alicyclic amines) is 1. The number of hydrogen-bond donors (Lipinski definition) is 2. The lowest BCUT2D eigenvalue weighted by molar-refractivity contribution is 0.0555. The molecular weight excluding hydrogens is 334 g/mol. The van der Waals surface area contributed by atoms with Crippen molar-refractivity contribution in [1.29, 1.82) is 0 Å². The third-order valence-electron chi connectivity index (χ3n) is 4.58. The molecule has 0 radical (unpaired) electrons. The maximum absolute atomic E-state index is 13.0. The molecule has 2 aromatic heterocycles. The van der Waals surface area contributed by atoms with E-state index in [1.165, 1.54) is 0 Å². The highest BCUT2D eigenvalue weighted by molar-refractivity contribution is 5.93. The van der Waals surface area contributed by atoms with E-state index in [-0.39, 0.29) is 17.7 Å². The summed E-state index contributed by atoms with van der Waals surface area (Å²) in [7, 11) is 0. The Bertz CT molecular complexity index is 932. The fourth-order valence-corrected chi connectivity index (χ4v) is 3.29. The first-order valence-electron chi connectivity index (χ1n) is 8.58. The van der Waals surface area contributed by atoms with Gasteiger partial charge in [-0.2, -0.15) is 10.1 Å². The van der Waals surface area contributed by atoms with Crippen LogP contribution in [-0.2, 0) is 0 Å². The molecule has 134 valence electrons. The van der Waals surface area contributed by atoms with Gasteiger partial charge in [0, 0.05) is 12.1 Å². The number of phenolic OH excluding ortho intramolecular Hbond substituents is 1. The molecule has 3 aromatic rings. The molecule has 0 aliphatic carbocycles. The lowest BCUT2D eigenvalue weighted by atomic mass is 10.0. The number of rotatable bonds is 3. The first kappa shape index (κ1) is 16.3. The van der Waals surface area contributed by atoms with Crippen LogP contribution >= 0.6 is 0 Å². The molecule has 3 heterocycles. The number of phenols is 1. The van der Waals surface area contributed by atoms with Gasteiger partial charge in [0.25, 0.3) is 5.91 Å². The van der Waals surface area contributed by atoms with Gasteiger partial charge in [-0.05, 0) is 44.4 Å². The Morgan fingerprint density at radius 1 is 1.35 bits per heavy atom. The molecule has 1 unspecified atom stereocenters. The third kappa shape index (κ3) is 2.94. The SMILES string of the molecule is Cc1noc(C2CCCCN2C(=O)c2cc(-c3ccccc3O)n[nH]2)n1. The number of carbonyl (C=O) groups is 1. The number of nitrogens with one attached hydrogen (secondary N) is 1. The fraction of sp³-hybridized carbons (Fsp3) is 0.333. The van der Waals surface area contributed by atoms with Crippen molar-refractivity contribution in [3.63, 3.8) is 0 Å². The molecule has 4 rings (SSSR count). The minimum atomic E-state index is -0.227. The number of aromatic amines is 1. The molecule has 1 amide bonds. The van der Waals surface area contributed by atoms with Crippen LogP contribution in [0.4, 0.5) is 0 Å². The predicted octanol–water partition coefficient (Wildman–Crippen LogP) is 2.84. The third-order valence-corrected chi connectivity index (χ3v) is 4.58. The summed E-state index contributed by atoms with van der Waals surface area (Å²) in [6.45, 7) is 2.38. The first-order valence-corrected chi connectivity index (χ1v) is 8.58. The molecule has 1 aliphatic heterocycles. The van der Waals surface area contributed by atoms with Crippen LogP contribution < -0.4 is 0 Å². The highest BCUT2D eigenvalue weighted by Crippen LogP contribution is 2.32. The van der Waals surface area contributed by atoms with Crippen molar-refractivity contribution in [3.8, 4) is 17.0 Å². The van der Waals surface area contributed by atoms with Crippen LogP contribution in [0.15, 0.2) is 34.9 Å². The van der Waals surface area contributed by atoms with Gasteiger partial charge in [0.05, 0.1) is 5.69 Å². The van der Waals surface area contributed by atoms with Crippen LogP contribution in [0.2, 0.25) is 0 Å². The van der Waals surface area contributed by atoms with E-state index in [1.807, 2.05) is 6.07 Å². The second kappa shape index (κ2) is 6.62. The summed E-state index contributed by atoms with van der Waals surface area (Å²) in [6, 6.07) is 8.32. The largest absolute Gasteiger partial charge is 0.507 e. The van der Waals surface area contributed by atoms with Crippen molar-refractivity contribution < 1.29 is 14.4 Å². The Morgan fingerprint density at radius 3 is 2.96 bits per heavy atom. The number of piperidine rings is 1. The van der Waals surface area contributed by atoms with Crippen LogP contribution in [0, 0.1) is 6.92 Å². The molecule has 0 bridgehead atoms. The Kier molecular flexibility index (Phi) is 4.16. The second-order valence-electron chi connectivity index (χ2n) is 6.37. The molecule has 26 heavy (non-hydrogen) atoms. The van der Waals surface area contributed by atoms with E-state index >= 15 is 0 Å². The predicted molar refractivity (Wildman–Crippen MR) is 92.4 cm³/mol. The average Bonchev–Trinajstić information content (AvgIpc) is 3.31. The van der Waals surface area contributed by atoms with Crippen LogP contribution in [0.25, 0.3) is 11.3 Å². The molecule has 1 aromatic carbocycles. The Hall–Kier alpha value is -3.16. The van der Waals surface area contributed by atoms with Gasteiger partial charge in [0.1, 0.15) is 17.5 Å². The number of amides is 1. The zero-order chi connectivity index (χ0) is 18.1. The smallest absolute Gasteiger partial charge is 0.272 e. The fourth-order valence-electron chi connectivity index (χ4n) is 3.29. The lowest BCUT2D eigenvalue weighted by Gasteiger charge is -2.32. The molecule has 0 saturated carbocycles. The molecular formula is C18H19N5O3. The summed E-state index contributed by atoms with van der Waals surface area (Å²) in [5.41, 5.74) is 1.46. The summed E-state index contributed by atoms with van der Waals surface area (Å²) in [6.07, 6.45) is 2.71. The zero-order valence-electron chi connectivity index (χ0n) is 14.3. The zero-order valence-corrected chi connectivity index (χ0v) is 14.3. The van der Waals surface area contributed by atoms with E-state index in [9.17, 15) is 9.90 Å². The van der Waals surface area contributed by atoms with E-state index in [0.717, 1.165) is 19.3 Å². The minimum absolute atomic E-state index is 0.121. The van der Waals surface area contributed by atoms with Gasteiger partial charge >= 0.3 is 0 Å². The monoisotopic (exact) mass is 353 g/mol. The first-order chi connectivity index (χ1) is 12.6. The molecule has 8 heteroatoms. The lowest BCUT2D eigenvalue weighted by Crippen LogP contribution is -2.38. The summed E-state index contributed by atoms with van der Waals surface area (Å²) >= 11 is 0. The quantitative estimate of drug-likeness (QED) is 0.749. The molecule has 2 N–H and O–H groups in total. The summed E-state index contributed by atoms with van der Waals surface area (Å²) < 4.78 is 5.30. The number of para-hydroxylation sites is 1. The van der Waals surface area contributed by atoms with Crippen molar-refractivity contribution in [2.24, 2.45) is 0 Å². The van der Waals surface area contributed by atoms with Gasteiger partial charge in [-0.1, -0.05) is 17.3 Å². The van der Waals surface area contributed by atoms with Gasteiger partial charge < -0.3 is 14.5 Å². The molecule has 0 spiro atoms. The van der Waals surface area contributed by atoms with Crippen molar-refractivity contribution in [2.45, 2.75) is 32.2 Å². The maximum Gasteiger partial charge on any atom is 0.272 e. The maximum atomic E-state index is 13.0. The molecule has 1 saturated heterocycles. The Morgan fingerprint density at radius 2 is 2.19 bits per heavy atom. The standard InChI is InChI=1S/C18H19N5O3/c1-11-19-17(26-22-11)15-7-4-5-9-23(15)18(25)14-10-13(20-21-14)12-6-2-3-8-16(12)24/h2-3,6,8,10,15,24H,4-5,7,9H2,1H3,(H,20,21). The van der Waals surface area contributed by atoms with Crippen LogP contribution in [0.3, 0.4) is 0 Å². The van der Waals surface area contributed by atoms with E-state index < -0.39 is 0 Å². The summed E-state index contributed by atoms with van der Waals surface area (Å²) in [4.78, 5) is 19.1. The molecule has 1 fully saturated rings. The molecule has 1 aliphatic rings. The van der Waals surface area contributed by atoms with Crippen LogP contribution in [0.5, 0.6) is 5.75 Å². The number of benzene rings is 1. The number of nitrogens with zero attached hydrogens (tertiary/aromatic N) is 4. The molecule has 1 atom stereocenters. The number of aryl methyl sites for hydroxylation is 1. The number of carbonyl (C=O) groups excluding carboxylic acids is 1. The highest BCUT2D eigenvalue weighted by atomic mass is 16.5. The van der Waals surface area contributed by atoms with Crippen LogP contribution in [-0.4, -0.2) is 42.8 Å². The number of H-pyrrole nitrogens is 1. The van der Waals surface area contributed by atoms with Crippen molar-refractivity contribution in [2.75, 3.05) is 6.54 Å². The van der Waals surface area contributed by atoms with Gasteiger partial charge in [0.2, 0.25) is 5.89 Å². The number of hydrogen-bond acceptors (Lipinski definition) is 6. The summed E-state index contributed by atoms with van der Waals surface area (Å²) in [5, 5.41) is 20.8. The minimum Gasteiger partial charge on any atom is -0.507 e. The van der Waals surface area contributed by atoms with E-state index in [0.29, 0.717) is 35.2 Å². The topological polar surface area (TPSA) is 108 Å².